The van der Waals surface area contributed by atoms with Gasteiger partial charge in [-0.25, -0.2) is 9.38 Å². The number of carbonyl (C=O) groups is 2. The van der Waals surface area contributed by atoms with E-state index in [0.717, 1.165) is 5.56 Å². The van der Waals surface area contributed by atoms with Crippen molar-refractivity contribution >= 4 is 28.5 Å². The molecule has 0 N–H and O–H groups in total. The highest BCUT2D eigenvalue weighted by Crippen LogP contribution is 2.38. The molecule has 0 saturated carbocycles. The summed E-state index contributed by atoms with van der Waals surface area (Å²) in [5.74, 6) is -0.714. The molecule has 20 heavy (non-hydrogen) atoms. The Morgan fingerprint density at radius 1 is 1.40 bits per heavy atom. The second kappa shape index (κ2) is 5.48. The van der Waals surface area contributed by atoms with Crippen molar-refractivity contribution in [2.45, 2.75) is 37.9 Å². The van der Waals surface area contributed by atoms with Gasteiger partial charge in [0.05, 0.1) is 5.04 Å². The number of amides is 1. The summed E-state index contributed by atoms with van der Waals surface area (Å²) in [5.41, 5.74) is 0.985. The lowest BCUT2D eigenvalue weighted by Crippen LogP contribution is -2.35. The molecule has 0 aromatic heterocycles. The Balaban J connectivity index is 2.08. The molecule has 1 aliphatic heterocycles. The van der Waals surface area contributed by atoms with Crippen LogP contribution in [0, 0.1) is 5.82 Å². The Labute approximate surface area is 121 Å². The fraction of sp³-hybridized carbons (Fsp3) is 0.400. The number of ketones is 1. The first kappa shape index (κ1) is 14.9. The minimum Gasteiger partial charge on any atom is -0.298 e. The zero-order valence-electron chi connectivity index (χ0n) is 11.6. The maximum atomic E-state index is 12.9. The molecule has 0 aliphatic carbocycles. The van der Waals surface area contributed by atoms with Crippen LogP contribution in [0.1, 0.15) is 38.7 Å². The van der Waals surface area contributed by atoms with Crippen LogP contribution in [0.2, 0.25) is 0 Å². The van der Waals surface area contributed by atoms with Crippen LogP contribution >= 0.6 is 11.8 Å². The second-order valence-electron chi connectivity index (χ2n) is 5.16. The molecule has 0 unspecified atom stereocenters. The Kier molecular flexibility index (Phi) is 4.09. The third kappa shape index (κ3) is 2.82. The van der Waals surface area contributed by atoms with Crippen LogP contribution in [0.25, 0.3) is 0 Å². The van der Waals surface area contributed by atoms with Crippen LogP contribution in [0.5, 0.6) is 0 Å². The summed E-state index contributed by atoms with van der Waals surface area (Å²) < 4.78 is 11.8. The highest BCUT2D eigenvalue weighted by Gasteiger charge is 2.45. The molecule has 0 radical (unpaired) electrons. The largest absolute Gasteiger partial charge is 0.298 e. The molecule has 1 aromatic carbocycles. The first-order valence-electron chi connectivity index (χ1n) is 6.40. The lowest BCUT2D eigenvalue weighted by Gasteiger charge is -2.16. The van der Waals surface area contributed by atoms with Gasteiger partial charge in [0.1, 0.15) is 5.82 Å². The van der Waals surface area contributed by atoms with Gasteiger partial charge >= 0.3 is 0 Å². The van der Waals surface area contributed by atoms with Crippen LogP contribution in [-0.2, 0) is 9.59 Å². The number of hydrogen-bond donors (Lipinski definition) is 0. The minimum absolute atomic E-state index is 0.115. The van der Waals surface area contributed by atoms with E-state index >= 15 is 0 Å². The first-order valence-corrected chi connectivity index (χ1v) is 7.22. The average molecular weight is 293 g/mol. The van der Waals surface area contributed by atoms with Crippen molar-refractivity contribution in [3.8, 4) is 0 Å². The lowest BCUT2D eigenvalue weighted by molar-refractivity contribution is -0.127. The Hall–Kier alpha value is -1.49. The van der Waals surface area contributed by atoms with Crippen molar-refractivity contribution in [2.24, 2.45) is 4.99 Å². The van der Waals surface area contributed by atoms with E-state index < -0.39 is 4.75 Å². The van der Waals surface area contributed by atoms with Crippen LogP contribution in [0.4, 0.5) is 4.39 Å². The molecule has 1 heterocycles. The topological polar surface area (TPSA) is 46.5 Å². The molecule has 1 aromatic rings. The van der Waals surface area contributed by atoms with Gasteiger partial charge in [-0.2, -0.15) is 0 Å². The molecular formula is C15H16FNO2S. The number of rotatable bonds is 4. The highest BCUT2D eigenvalue weighted by atomic mass is 32.2. The molecule has 106 valence electrons. The van der Waals surface area contributed by atoms with Crippen molar-refractivity contribution < 1.29 is 14.0 Å². The van der Waals surface area contributed by atoms with Crippen molar-refractivity contribution in [1.82, 2.24) is 0 Å². The summed E-state index contributed by atoms with van der Waals surface area (Å²) in [6, 6.07) is 6.29. The first-order chi connectivity index (χ1) is 9.33. The smallest absolute Gasteiger partial charge is 0.270 e. The van der Waals surface area contributed by atoms with E-state index in [1.807, 2.05) is 6.92 Å². The van der Waals surface area contributed by atoms with Crippen LogP contribution in [-0.4, -0.2) is 21.5 Å². The van der Waals surface area contributed by atoms with Crippen molar-refractivity contribution in [3.63, 3.8) is 0 Å². The van der Waals surface area contributed by atoms with Gasteiger partial charge in [-0.15, -0.1) is 0 Å². The molecule has 1 amide bonds. The zero-order chi connectivity index (χ0) is 14.9. The third-order valence-corrected chi connectivity index (χ3v) is 4.91. The van der Waals surface area contributed by atoms with Crippen molar-refractivity contribution in [3.05, 3.63) is 35.6 Å². The van der Waals surface area contributed by atoms with E-state index in [-0.39, 0.29) is 23.4 Å². The van der Waals surface area contributed by atoms with Gasteiger partial charge in [0.25, 0.3) is 5.91 Å². The molecular weight excluding hydrogens is 277 g/mol. The molecule has 2 atom stereocenters. The number of Topliss-reactive ketones (excluding diaryl/α,β-unsaturated/α-hetero) is 1. The standard InChI is InChI=1S/C15H16FNO2S/c1-9(11-4-6-12(16)7-5-11)8-13-17-14(19)15(3,20-13)10(2)18/h4-7,9H,8H2,1-3H3/t9-,15+/m1/s1. The monoisotopic (exact) mass is 293 g/mol. The van der Waals surface area contributed by atoms with Gasteiger partial charge in [-0.05, 0) is 37.5 Å². The number of halogens is 1. The van der Waals surface area contributed by atoms with Crippen molar-refractivity contribution in [1.29, 1.82) is 0 Å². The van der Waals surface area contributed by atoms with E-state index in [1.165, 1.54) is 30.8 Å². The molecule has 3 nitrogen and oxygen atoms in total. The minimum atomic E-state index is -1.07. The average Bonchev–Trinajstić information content (AvgIpc) is 2.66. The Bertz CT molecular complexity index is 582. The van der Waals surface area contributed by atoms with E-state index in [1.54, 1.807) is 19.1 Å². The number of thioether (sulfide) groups is 1. The predicted octanol–water partition coefficient (Wildman–Crippen LogP) is 3.34. The van der Waals surface area contributed by atoms with E-state index in [0.29, 0.717) is 11.5 Å². The molecule has 0 fully saturated rings. The van der Waals surface area contributed by atoms with Crippen LogP contribution in [0.15, 0.2) is 29.3 Å². The van der Waals surface area contributed by atoms with Gasteiger partial charge < -0.3 is 0 Å². The summed E-state index contributed by atoms with van der Waals surface area (Å²) in [6.45, 7) is 5.01. The second-order valence-corrected chi connectivity index (χ2v) is 6.65. The van der Waals surface area contributed by atoms with Gasteiger partial charge in [-0.3, -0.25) is 9.59 Å². The molecule has 0 spiro atoms. The summed E-state index contributed by atoms with van der Waals surface area (Å²) in [4.78, 5) is 27.4. The Morgan fingerprint density at radius 2 is 2.00 bits per heavy atom. The quantitative estimate of drug-likeness (QED) is 0.800. The fourth-order valence-corrected chi connectivity index (χ4v) is 3.21. The maximum absolute atomic E-state index is 12.9. The summed E-state index contributed by atoms with van der Waals surface area (Å²) in [7, 11) is 0. The van der Waals surface area contributed by atoms with E-state index in [4.69, 9.17) is 0 Å². The predicted molar refractivity (Wildman–Crippen MR) is 78.6 cm³/mol. The van der Waals surface area contributed by atoms with Crippen molar-refractivity contribution in [2.75, 3.05) is 0 Å². The van der Waals surface area contributed by atoms with Crippen LogP contribution in [0.3, 0.4) is 0 Å². The zero-order valence-corrected chi connectivity index (χ0v) is 12.5. The number of carbonyl (C=O) groups excluding carboxylic acids is 2. The maximum Gasteiger partial charge on any atom is 0.270 e. The number of benzene rings is 1. The van der Waals surface area contributed by atoms with Gasteiger partial charge in [0.15, 0.2) is 10.5 Å². The SMILES string of the molecule is CC(=O)[C@]1(C)SC(C[C@@H](C)c2ccc(F)cc2)=NC1=O. The van der Waals surface area contributed by atoms with Gasteiger partial charge in [0, 0.05) is 6.42 Å². The molecule has 0 saturated heterocycles. The molecule has 2 rings (SSSR count). The third-order valence-electron chi connectivity index (χ3n) is 3.55. The summed E-state index contributed by atoms with van der Waals surface area (Å²) in [5, 5.41) is 0.671. The molecule has 1 aliphatic rings. The summed E-state index contributed by atoms with van der Waals surface area (Å²) in [6.07, 6.45) is 0.574. The number of hydrogen-bond acceptors (Lipinski definition) is 3. The number of nitrogens with zero attached hydrogens (tertiary/aromatic N) is 1. The fourth-order valence-electron chi connectivity index (χ4n) is 2.00. The lowest BCUT2D eigenvalue weighted by atomic mass is 9.98. The van der Waals surface area contributed by atoms with E-state index in [9.17, 15) is 14.0 Å². The summed E-state index contributed by atoms with van der Waals surface area (Å²) >= 11 is 1.23. The molecule has 0 bridgehead atoms. The normalized spacial score (nSPS) is 23.6. The van der Waals surface area contributed by atoms with Gasteiger partial charge in [0.2, 0.25) is 0 Å². The highest BCUT2D eigenvalue weighted by molar-refractivity contribution is 8.16. The van der Waals surface area contributed by atoms with E-state index in [2.05, 4.69) is 4.99 Å². The van der Waals surface area contributed by atoms with Gasteiger partial charge in [-0.1, -0.05) is 30.8 Å². The van der Waals surface area contributed by atoms with Crippen LogP contribution < -0.4 is 0 Å². The molecule has 5 heteroatoms. The Morgan fingerprint density at radius 3 is 2.50 bits per heavy atom. The number of aliphatic imine (C=N–C) groups is 1.